The highest BCUT2D eigenvalue weighted by Crippen LogP contribution is 2.33. The van der Waals surface area contributed by atoms with Crippen LogP contribution >= 0.6 is 0 Å². The molecule has 0 aliphatic rings. The van der Waals surface area contributed by atoms with Gasteiger partial charge in [0.15, 0.2) is 11.3 Å². The number of aromatic nitrogens is 3. The molecule has 170 valence electrons. The normalized spacial score (nSPS) is 11.9. The van der Waals surface area contributed by atoms with Gasteiger partial charge in [0.1, 0.15) is 5.56 Å². The molecule has 2 aromatic carbocycles. The van der Waals surface area contributed by atoms with Crippen molar-refractivity contribution >= 4 is 17.2 Å². The number of halogens is 3. The molecule has 0 fully saturated rings. The Labute approximate surface area is 189 Å². The number of aryl methyl sites for hydroxylation is 2. The van der Waals surface area contributed by atoms with E-state index in [2.05, 4.69) is 15.4 Å². The van der Waals surface area contributed by atoms with Gasteiger partial charge < -0.3 is 5.32 Å². The molecule has 4 aromatic rings. The first-order valence-electron chi connectivity index (χ1n) is 10.5. The van der Waals surface area contributed by atoms with E-state index in [0.29, 0.717) is 15.8 Å². The number of amides is 1. The molecule has 0 atom stereocenters. The Morgan fingerprint density at radius 1 is 1.03 bits per heavy atom. The smallest absolute Gasteiger partial charge is 0.322 e. The second-order valence-electron chi connectivity index (χ2n) is 8.37. The zero-order valence-corrected chi connectivity index (χ0v) is 18.7. The first-order valence-corrected chi connectivity index (χ1v) is 10.5. The fraction of sp³-hybridized carbons (Fsp3) is 0.240. The first kappa shape index (κ1) is 22.5. The van der Waals surface area contributed by atoms with Gasteiger partial charge in [0.2, 0.25) is 0 Å². The quantitative estimate of drug-likeness (QED) is 0.389. The second kappa shape index (κ2) is 8.35. The van der Waals surface area contributed by atoms with Gasteiger partial charge in [-0.3, -0.25) is 4.79 Å². The fourth-order valence-corrected chi connectivity index (χ4v) is 3.57. The van der Waals surface area contributed by atoms with Crippen LogP contribution in [0.5, 0.6) is 0 Å². The van der Waals surface area contributed by atoms with E-state index in [1.54, 1.807) is 18.2 Å². The lowest BCUT2D eigenvalue weighted by molar-refractivity contribution is -0.142. The van der Waals surface area contributed by atoms with E-state index >= 15 is 0 Å². The number of alkyl halides is 3. The third-order valence-electron chi connectivity index (χ3n) is 5.52. The van der Waals surface area contributed by atoms with Crippen LogP contribution in [0.4, 0.5) is 18.9 Å². The molecule has 0 aliphatic carbocycles. The SMILES string of the molecule is Cc1ccc(C)c(NC(=O)c2cnn3c(C(F)(F)F)cc(-c4ccc(C(C)C)cc4)nc23)c1. The number of nitrogens with zero attached hydrogens (tertiary/aromatic N) is 3. The average Bonchev–Trinajstić information content (AvgIpc) is 3.19. The van der Waals surface area contributed by atoms with Gasteiger partial charge in [-0.15, -0.1) is 0 Å². The summed E-state index contributed by atoms with van der Waals surface area (Å²) in [7, 11) is 0. The molecule has 2 aromatic heterocycles. The van der Waals surface area contributed by atoms with E-state index in [1.165, 1.54) is 0 Å². The van der Waals surface area contributed by atoms with Gasteiger partial charge in [-0.1, -0.05) is 50.2 Å². The number of benzene rings is 2. The molecule has 0 saturated heterocycles. The minimum absolute atomic E-state index is 0.0398. The average molecular weight is 452 g/mol. The maximum Gasteiger partial charge on any atom is 0.433 e. The molecule has 4 rings (SSSR count). The Morgan fingerprint density at radius 2 is 1.73 bits per heavy atom. The van der Waals surface area contributed by atoms with Crippen LogP contribution in [0.3, 0.4) is 0 Å². The van der Waals surface area contributed by atoms with Gasteiger partial charge in [-0.25, -0.2) is 9.50 Å². The monoisotopic (exact) mass is 452 g/mol. The van der Waals surface area contributed by atoms with E-state index in [9.17, 15) is 18.0 Å². The Bertz CT molecular complexity index is 1340. The maximum absolute atomic E-state index is 13.8. The predicted molar refractivity (Wildman–Crippen MR) is 121 cm³/mol. The number of nitrogens with one attached hydrogen (secondary N) is 1. The third-order valence-corrected chi connectivity index (χ3v) is 5.52. The number of anilines is 1. The summed E-state index contributed by atoms with van der Waals surface area (Å²) < 4.78 is 42.2. The zero-order chi connectivity index (χ0) is 23.9. The van der Waals surface area contributed by atoms with Crippen molar-refractivity contribution in [1.82, 2.24) is 14.6 Å². The second-order valence-corrected chi connectivity index (χ2v) is 8.37. The predicted octanol–water partition coefficient (Wildman–Crippen LogP) is 6.41. The highest BCUT2D eigenvalue weighted by Gasteiger charge is 2.36. The molecular formula is C25H23F3N4O. The van der Waals surface area contributed by atoms with Crippen LogP contribution in [0.1, 0.15) is 52.5 Å². The van der Waals surface area contributed by atoms with Crippen molar-refractivity contribution in [2.75, 3.05) is 5.32 Å². The zero-order valence-electron chi connectivity index (χ0n) is 18.7. The summed E-state index contributed by atoms with van der Waals surface area (Å²) in [6, 6.07) is 13.7. The summed E-state index contributed by atoms with van der Waals surface area (Å²) in [4.78, 5) is 17.4. The fourth-order valence-electron chi connectivity index (χ4n) is 3.57. The van der Waals surface area contributed by atoms with E-state index in [-0.39, 0.29) is 22.8 Å². The number of carbonyl (C=O) groups is 1. The number of carbonyl (C=O) groups excluding carboxylic acids is 1. The van der Waals surface area contributed by atoms with Crippen LogP contribution in [0, 0.1) is 13.8 Å². The maximum atomic E-state index is 13.8. The summed E-state index contributed by atoms with van der Waals surface area (Å²) >= 11 is 0. The molecule has 0 unspecified atom stereocenters. The minimum atomic E-state index is -4.68. The van der Waals surface area contributed by atoms with Gasteiger partial charge in [-0.05, 0) is 48.6 Å². The minimum Gasteiger partial charge on any atom is -0.322 e. The molecule has 0 bridgehead atoms. The van der Waals surface area contributed by atoms with Crippen molar-refractivity contribution < 1.29 is 18.0 Å². The van der Waals surface area contributed by atoms with Crippen molar-refractivity contribution in [1.29, 1.82) is 0 Å². The Hall–Kier alpha value is -3.68. The van der Waals surface area contributed by atoms with E-state index in [4.69, 9.17) is 0 Å². The van der Waals surface area contributed by atoms with Crippen molar-refractivity contribution in [3.8, 4) is 11.3 Å². The highest BCUT2D eigenvalue weighted by atomic mass is 19.4. The molecule has 2 heterocycles. The summed E-state index contributed by atoms with van der Waals surface area (Å²) in [5.41, 5.74) is 2.87. The Morgan fingerprint density at radius 3 is 2.36 bits per heavy atom. The molecule has 5 nitrogen and oxygen atoms in total. The van der Waals surface area contributed by atoms with Crippen molar-refractivity contribution in [2.24, 2.45) is 0 Å². The molecule has 8 heteroatoms. The number of hydrogen-bond donors (Lipinski definition) is 1. The van der Waals surface area contributed by atoms with E-state index < -0.39 is 17.8 Å². The summed E-state index contributed by atoms with van der Waals surface area (Å²) in [6.07, 6.45) is -3.57. The number of fused-ring (bicyclic) bond motifs is 1. The van der Waals surface area contributed by atoms with Crippen molar-refractivity contribution in [3.63, 3.8) is 0 Å². The molecule has 1 amide bonds. The molecular weight excluding hydrogens is 429 g/mol. The van der Waals surface area contributed by atoms with Crippen LogP contribution in [0.25, 0.3) is 16.9 Å². The first-order chi connectivity index (χ1) is 15.5. The number of hydrogen-bond acceptors (Lipinski definition) is 3. The molecule has 0 radical (unpaired) electrons. The summed E-state index contributed by atoms with van der Waals surface area (Å²) in [6.45, 7) is 7.80. The lowest BCUT2D eigenvalue weighted by Gasteiger charge is -2.13. The van der Waals surface area contributed by atoms with Crippen molar-refractivity contribution in [2.45, 2.75) is 39.8 Å². The van der Waals surface area contributed by atoms with Crippen LogP contribution in [0.2, 0.25) is 0 Å². The van der Waals surface area contributed by atoms with Gasteiger partial charge in [0, 0.05) is 11.3 Å². The highest BCUT2D eigenvalue weighted by molar-refractivity contribution is 6.08. The molecule has 1 N–H and O–H groups in total. The lowest BCUT2D eigenvalue weighted by atomic mass is 10.0. The van der Waals surface area contributed by atoms with Gasteiger partial charge >= 0.3 is 6.18 Å². The summed E-state index contributed by atoms with van der Waals surface area (Å²) in [5, 5.41) is 6.60. The van der Waals surface area contributed by atoms with Crippen LogP contribution in [0.15, 0.2) is 54.7 Å². The molecule has 0 spiro atoms. The van der Waals surface area contributed by atoms with Gasteiger partial charge in [-0.2, -0.15) is 18.3 Å². The standard InChI is InChI=1S/C25H23F3N4O/c1-14(2)17-7-9-18(10-8-17)21-12-22(25(26,27)28)32-23(30-21)19(13-29-32)24(33)31-20-11-15(3)5-6-16(20)4/h5-14H,1-4H3,(H,31,33). The molecule has 0 aliphatic heterocycles. The van der Waals surface area contributed by atoms with Crippen LogP contribution < -0.4 is 5.32 Å². The van der Waals surface area contributed by atoms with Gasteiger partial charge in [0.25, 0.3) is 5.91 Å². The largest absolute Gasteiger partial charge is 0.433 e. The molecule has 0 saturated carbocycles. The Kier molecular flexibility index (Phi) is 5.69. The van der Waals surface area contributed by atoms with E-state index in [0.717, 1.165) is 29.0 Å². The summed E-state index contributed by atoms with van der Waals surface area (Å²) in [5.74, 6) is -0.290. The van der Waals surface area contributed by atoms with Gasteiger partial charge in [0.05, 0.1) is 11.9 Å². The van der Waals surface area contributed by atoms with Crippen LogP contribution in [-0.4, -0.2) is 20.5 Å². The number of rotatable bonds is 4. The van der Waals surface area contributed by atoms with Crippen LogP contribution in [-0.2, 0) is 6.18 Å². The van der Waals surface area contributed by atoms with Crippen molar-refractivity contribution in [3.05, 3.63) is 82.7 Å². The lowest BCUT2D eigenvalue weighted by Crippen LogP contribution is -2.16. The Balaban J connectivity index is 1.83. The topological polar surface area (TPSA) is 59.3 Å². The third kappa shape index (κ3) is 4.46. The van der Waals surface area contributed by atoms with E-state index in [1.807, 2.05) is 52.0 Å². The molecule has 33 heavy (non-hydrogen) atoms.